The van der Waals surface area contributed by atoms with Crippen LogP contribution in [0.4, 0.5) is 0 Å². The zero-order chi connectivity index (χ0) is 6.85. The number of aliphatic hydroxyl groups is 2. The van der Waals surface area contributed by atoms with Crippen molar-refractivity contribution in [2.45, 2.75) is 31.7 Å². The number of ether oxygens (including phenoxy) is 1. The van der Waals surface area contributed by atoms with Crippen LogP contribution in [0.2, 0.25) is 0 Å². The predicted octanol–water partition coefficient (Wildman–Crippen LogP) is -0.483. The predicted molar refractivity (Wildman–Crippen MR) is 32.0 cm³/mol. The highest BCUT2D eigenvalue weighted by Crippen LogP contribution is 2.13. The molecule has 3 nitrogen and oxygen atoms in total. The first kappa shape index (κ1) is 6.99. The molecule has 0 amide bonds. The van der Waals surface area contributed by atoms with Crippen LogP contribution in [0.15, 0.2) is 0 Å². The Morgan fingerprint density at radius 1 is 1.44 bits per heavy atom. The second-order valence-corrected chi connectivity index (χ2v) is 2.42. The molecule has 0 spiro atoms. The fraction of sp³-hybridized carbons (Fsp3) is 1.00. The Morgan fingerprint density at radius 2 is 2.11 bits per heavy atom. The molecule has 0 aromatic carbocycles. The third-order valence-electron chi connectivity index (χ3n) is 1.67. The Labute approximate surface area is 54.3 Å². The summed E-state index contributed by atoms with van der Waals surface area (Å²) in [4.78, 5) is 0. The fourth-order valence-electron chi connectivity index (χ4n) is 0.957. The van der Waals surface area contributed by atoms with Gasteiger partial charge in [0, 0.05) is 6.61 Å². The summed E-state index contributed by atoms with van der Waals surface area (Å²) in [5, 5.41) is 18.1. The molecule has 0 saturated carbocycles. The Balaban J connectivity index is 2.41. The average molecular weight is 132 g/mol. The van der Waals surface area contributed by atoms with E-state index in [-0.39, 0.29) is 6.10 Å². The molecule has 0 radical (unpaired) electrons. The average Bonchev–Trinajstić information content (AvgIpc) is 1.83. The van der Waals surface area contributed by atoms with Crippen LogP contribution >= 0.6 is 0 Å². The van der Waals surface area contributed by atoms with Gasteiger partial charge in [-0.05, 0) is 13.3 Å². The topological polar surface area (TPSA) is 49.7 Å². The quantitative estimate of drug-likeness (QED) is 0.468. The molecule has 9 heavy (non-hydrogen) atoms. The molecule has 1 saturated heterocycles. The van der Waals surface area contributed by atoms with Gasteiger partial charge in [-0.25, -0.2) is 0 Å². The summed E-state index contributed by atoms with van der Waals surface area (Å²) in [7, 11) is 0. The second-order valence-electron chi connectivity index (χ2n) is 2.42. The molecule has 1 fully saturated rings. The van der Waals surface area contributed by atoms with Crippen molar-refractivity contribution in [3.05, 3.63) is 0 Å². The van der Waals surface area contributed by atoms with Crippen LogP contribution in [0.1, 0.15) is 13.3 Å². The maximum Gasteiger partial charge on any atom is 0.106 e. The van der Waals surface area contributed by atoms with E-state index in [1.165, 1.54) is 0 Å². The van der Waals surface area contributed by atoms with Gasteiger partial charge >= 0.3 is 0 Å². The van der Waals surface area contributed by atoms with Crippen LogP contribution < -0.4 is 0 Å². The molecule has 3 atom stereocenters. The maximum atomic E-state index is 9.07. The van der Waals surface area contributed by atoms with Gasteiger partial charge in [0.1, 0.15) is 6.10 Å². The first-order valence-electron chi connectivity index (χ1n) is 3.19. The summed E-state index contributed by atoms with van der Waals surface area (Å²) < 4.78 is 5.05. The van der Waals surface area contributed by atoms with Crippen molar-refractivity contribution in [2.24, 2.45) is 0 Å². The third-order valence-corrected chi connectivity index (χ3v) is 1.67. The first-order valence-corrected chi connectivity index (χ1v) is 3.19. The van der Waals surface area contributed by atoms with Crippen LogP contribution in [0.5, 0.6) is 0 Å². The van der Waals surface area contributed by atoms with Crippen molar-refractivity contribution in [1.29, 1.82) is 0 Å². The van der Waals surface area contributed by atoms with Gasteiger partial charge in [0.2, 0.25) is 0 Å². The summed E-state index contributed by atoms with van der Waals surface area (Å²) >= 11 is 0. The van der Waals surface area contributed by atoms with Gasteiger partial charge in [-0.3, -0.25) is 0 Å². The normalized spacial score (nSPS) is 45.0. The molecule has 3 heteroatoms. The largest absolute Gasteiger partial charge is 0.390 e. The molecule has 0 aromatic rings. The van der Waals surface area contributed by atoms with Gasteiger partial charge in [-0.15, -0.1) is 0 Å². The van der Waals surface area contributed by atoms with E-state index in [0.29, 0.717) is 13.0 Å². The Kier molecular flexibility index (Phi) is 2.05. The minimum atomic E-state index is -0.696. The molecule has 54 valence electrons. The van der Waals surface area contributed by atoms with Gasteiger partial charge in [-0.1, -0.05) is 0 Å². The number of hydrogen-bond acceptors (Lipinski definition) is 3. The highest BCUT2D eigenvalue weighted by molar-refractivity contribution is 4.77. The summed E-state index contributed by atoms with van der Waals surface area (Å²) in [5.41, 5.74) is 0. The second kappa shape index (κ2) is 2.64. The number of rotatable bonds is 0. The van der Waals surface area contributed by atoms with Crippen molar-refractivity contribution < 1.29 is 14.9 Å². The van der Waals surface area contributed by atoms with E-state index in [9.17, 15) is 0 Å². The van der Waals surface area contributed by atoms with Gasteiger partial charge < -0.3 is 14.9 Å². The Morgan fingerprint density at radius 3 is 2.56 bits per heavy atom. The van der Waals surface area contributed by atoms with Crippen molar-refractivity contribution in [3.8, 4) is 0 Å². The fourth-order valence-corrected chi connectivity index (χ4v) is 0.957. The number of hydrogen-bond donors (Lipinski definition) is 2. The molecule has 0 aliphatic carbocycles. The highest BCUT2D eigenvalue weighted by atomic mass is 16.5. The van der Waals surface area contributed by atoms with Crippen molar-refractivity contribution >= 4 is 0 Å². The zero-order valence-corrected chi connectivity index (χ0v) is 5.45. The van der Waals surface area contributed by atoms with E-state index in [2.05, 4.69) is 0 Å². The molecule has 0 unspecified atom stereocenters. The van der Waals surface area contributed by atoms with E-state index >= 15 is 0 Å². The lowest BCUT2D eigenvalue weighted by molar-refractivity contribution is -0.127. The van der Waals surface area contributed by atoms with Crippen molar-refractivity contribution in [1.82, 2.24) is 0 Å². The van der Waals surface area contributed by atoms with Crippen LogP contribution in [0.3, 0.4) is 0 Å². The smallest absolute Gasteiger partial charge is 0.106 e. The maximum absolute atomic E-state index is 9.07. The van der Waals surface area contributed by atoms with Crippen LogP contribution in [-0.2, 0) is 4.74 Å². The van der Waals surface area contributed by atoms with Crippen LogP contribution in [0.25, 0.3) is 0 Å². The molecule has 1 rings (SSSR count). The number of aliphatic hydroxyl groups excluding tert-OH is 2. The Bertz CT molecular complexity index is 84.3. The summed E-state index contributed by atoms with van der Waals surface area (Å²) in [5.74, 6) is 0. The van der Waals surface area contributed by atoms with Gasteiger partial charge in [0.05, 0.1) is 12.2 Å². The molecule has 2 N–H and O–H groups in total. The SMILES string of the molecule is C[C@H]1OCC[C@@H](O)[C@@H]1O. The van der Waals surface area contributed by atoms with E-state index in [0.717, 1.165) is 0 Å². The third kappa shape index (κ3) is 1.41. The Hall–Kier alpha value is -0.120. The van der Waals surface area contributed by atoms with Crippen molar-refractivity contribution in [3.63, 3.8) is 0 Å². The standard InChI is InChI=1S/C6H12O3/c1-4-6(8)5(7)2-3-9-4/h4-8H,2-3H2,1H3/t4-,5-,6-/m1/s1. The van der Waals surface area contributed by atoms with Crippen LogP contribution in [0, 0.1) is 0 Å². The van der Waals surface area contributed by atoms with E-state index in [1.54, 1.807) is 6.92 Å². The van der Waals surface area contributed by atoms with Gasteiger partial charge in [0.15, 0.2) is 0 Å². The first-order chi connectivity index (χ1) is 4.22. The molecular weight excluding hydrogens is 120 g/mol. The highest BCUT2D eigenvalue weighted by Gasteiger charge is 2.27. The molecule has 1 aliphatic heterocycles. The lowest BCUT2D eigenvalue weighted by atomic mass is 10.0. The molecule has 0 bridgehead atoms. The minimum absolute atomic E-state index is 0.214. The van der Waals surface area contributed by atoms with Crippen LogP contribution in [-0.4, -0.2) is 35.1 Å². The minimum Gasteiger partial charge on any atom is -0.390 e. The van der Waals surface area contributed by atoms with E-state index in [1.807, 2.05) is 0 Å². The van der Waals surface area contributed by atoms with Gasteiger partial charge in [0.25, 0.3) is 0 Å². The van der Waals surface area contributed by atoms with Gasteiger partial charge in [-0.2, -0.15) is 0 Å². The summed E-state index contributed by atoms with van der Waals surface area (Å²) in [6.07, 6.45) is -0.952. The molecule has 0 aromatic heterocycles. The molecule has 1 heterocycles. The van der Waals surface area contributed by atoms with Crippen molar-refractivity contribution in [2.75, 3.05) is 6.61 Å². The lowest BCUT2D eigenvalue weighted by Crippen LogP contribution is -2.42. The monoisotopic (exact) mass is 132 g/mol. The summed E-state index contributed by atoms with van der Waals surface area (Å²) in [6, 6.07) is 0. The summed E-state index contributed by atoms with van der Waals surface area (Å²) in [6.45, 7) is 2.31. The molecular formula is C6H12O3. The van der Waals surface area contributed by atoms with E-state index < -0.39 is 12.2 Å². The van der Waals surface area contributed by atoms with E-state index in [4.69, 9.17) is 14.9 Å². The lowest BCUT2D eigenvalue weighted by Gasteiger charge is -2.29. The molecule has 1 aliphatic rings. The zero-order valence-electron chi connectivity index (χ0n) is 5.45.